The second kappa shape index (κ2) is 8.87. The van der Waals surface area contributed by atoms with Crippen LogP contribution in [0.4, 0.5) is 0 Å². The van der Waals surface area contributed by atoms with E-state index in [1.807, 2.05) is 7.05 Å². The fraction of sp³-hybridized carbons (Fsp3) is 0.867. The van der Waals surface area contributed by atoms with Gasteiger partial charge in [-0.1, -0.05) is 37.8 Å². The molecule has 6 nitrogen and oxygen atoms in total. The molecule has 0 atom stereocenters. The highest BCUT2D eigenvalue weighted by atomic mass is 16.4. The van der Waals surface area contributed by atoms with Gasteiger partial charge in [-0.2, -0.15) is 0 Å². The number of nitrogens with two attached hydrogens (primary N) is 1. The van der Waals surface area contributed by atoms with E-state index < -0.39 is 5.54 Å². The van der Waals surface area contributed by atoms with Crippen molar-refractivity contribution in [2.24, 2.45) is 10.9 Å². The Morgan fingerprint density at radius 1 is 1.29 bits per heavy atom. The van der Waals surface area contributed by atoms with Crippen LogP contribution in [0, 0.1) is 0 Å². The molecule has 1 rings (SSSR count). The molecule has 0 aromatic heterocycles. The van der Waals surface area contributed by atoms with Gasteiger partial charge < -0.3 is 21.2 Å². The minimum atomic E-state index is -0.679. The minimum absolute atomic E-state index is 0.00246. The molecule has 0 radical (unpaired) electrons. The first kappa shape index (κ1) is 17.8. The molecule has 0 bridgehead atoms. The first-order valence-corrected chi connectivity index (χ1v) is 8.01. The molecule has 122 valence electrons. The van der Waals surface area contributed by atoms with E-state index >= 15 is 0 Å². The van der Waals surface area contributed by atoms with E-state index in [4.69, 9.17) is 10.9 Å². The molecular formula is C15H30N4O2. The van der Waals surface area contributed by atoms with Crippen LogP contribution >= 0.6 is 0 Å². The third kappa shape index (κ3) is 5.53. The second-order valence-corrected chi connectivity index (χ2v) is 6.08. The zero-order valence-electron chi connectivity index (χ0n) is 13.4. The smallest absolute Gasteiger partial charge is 0.220 e. The lowest BCUT2D eigenvalue weighted by molar-refractivity contribution is -0.122. The van der Waals surface area contributed by atoms with Gasteiger partial charge in [0.05, 0.1) is 0 Å². The molecule has 0 aliphatic carbocycles. The van der Waals surface area contributed by atoms with Crippen LogP contribution in [0.2, 0.25) is 0 Å². The Bertz CT molecular complexity index is 350. The molecule has 1 saturated heterocycles. The molecule has 0 unspecified atom stereocenters. The van der Waals surface area contributed by atoms with Crippen LogP contribution in [0.1, 0.15) is 58.3 Å². The molecule has 21 heavy (non-hydrogen) atoms. The van der Waals surface area contributed by atoms with Gasteiger partial charge in [0.15, 0.2) is 5.84 Å². The Kier molecular flexibility index (Phi) is 7.50. The lowest BCUT2D eigenvalue weighted by Gasteiger charge is -2.40. The van der Waals surface area contributed by atoms with Crippen molar-refractivity contribution in [2.75, 3.05) is 20.1 Å². The maximum Gasteiger partial charge on any atom is 0.220 e. The fourth-order valence-corrected chi connectivity index (χ4v) is 2.76. The maximum absolute atomic E-state index is 12.1. The number of hydrogen-bond acceptors (Lipinski definition) is 4. The number of nitrogens with one attached hydrogen (secondary N) is 1. The topological polar surface area (TPSA) is 91.0 Å². The molecule has 6 heteroatoms. The molecule has 1 aliphatic heterocycles. The Morgan fingerprint density at radius 3 is 2.48 bits per heavy atom. The lowest BCUT2D eigenvalue weighted by atomic mass is 9.86. The Balaban J connectivity index is 2.48. The van der Waals surface area contributed by atoms with Crippen molar-refractivity contribution in [3.63, 3.8) is 0 Å². The summed E-state index contributed by atoms with van der Waals surface area (Å²) >= 11 is 0. The van der Waals surface area contributed by atoms with E-state index in [-0.39, 0.29) is 11.7 Å². The number of nitrogens with zero attached hydrogens (tertiary/aromatic N) is 2. The second-order valence-electron chi connectivity index (χ2n) is 6.08. The highest BCUT2D eigenvalue weighted by Gasteiger charge is 2.39. The SMILES string of the molecule is CCCCCCCC(=O)NC1(/C(N)=N/O)CCN(C)CC1. The van der Waals surface area contributed by atoms with Crippen LogP contribution in [-0.2, 0) is 4.79 Å². The molecule has 1 fully saturated rings. The first-order chi connectivity index (χ1) is 10.0. The number of amides is 1. The number of unbranched alkanes of at least 4 members (excludes halogenated alkanes) is 4. The number of rotatable bonds is 8. The number of oxime groups is 1. The summed E-state index contributed by atoms with van der Waals surface area (Å²) in [5, 5.41) is 15.2. The minimum Gasteiger partial charge on any atom is -0.409 e. The Morgan fingerprint density at radius 2 is 1.90 bits per heavy atom. The normalized spacial score (nSPS) is 19.4. The van der Waals surface area contributed by atoms with Gasteiger partial charge in [-0.25, -0.2) is 0 Å². The molecule has 0 saturated carbocycles. The molecule has 0 aromatic carbocycles. The van der Waals surface area contributed by atoms with Crippen molar-refractivity contribution in [1.29, 1.82) is 0 Å². The van der Waals surface area contributed by atoms with E-state index in [2.05, 4.69) is 22.3 Å². The number of likely N-dealkylation sites (tertiary alicyclic amines) is 1. The zero-order valence-corrected chi connectivity index (χ0v) is 13.4. The van der Waals surface area contributed by atoms with Gasteiger partial charge in [-0.05, 0) is 26.3 Å². The highest BCUT2D eigenvalue weighted by Crippen LogP contribution is 2.22. The molecule has 1 aliphatic rings. The Hall–Kier alpha value is -1.30. The van der Waals surface area contributed by atoms with E-state index in [0.29, 0.717) is 19.3 Å². The summed E-state index contributed by atoms with van der Waals surface area (Å²) in [6.07, 6.45) is 7.47. The van der Waals surface area contributed by atoms with E-state index in [9.17, 15) is 4.79 Å². The number of carbonyl (C=O) groups excluding carboxylic acids is 1. The van der Waals surface area contributed by atoms with Crippen LogP contribution in [0.15, 0.2) is 5.16 Å². The van der Waals surface area contributed by atoms with E-state index in [1.165, 1.54) is 19.3 Å². The summed E-state index contributed by atoms with van der Waals surface area (Å²) in [6, 6.07) is 0. The zero-order chi connectivity index (χ0) is 15.7. The van der Waals surface area contributed by atoms with E-state index in [0.717, 1.165) is 25.9 Å². The number of carbonyl (C=O) groups is 1. The van der Waals surface area contributed by atoms with Crippen molar-refractivity contribution < 1.29 is 10.0 Å². The van der Waals surface area contributed by atoms with Crippen molar-refractivity contribution in [2.45, 2.75) is 63.8 Å². The fourth-order valence-electron chi connectivity index (χ4n) is 2.76. The molecule has 1 amide bonds. The summed E-state index contributed by atoms with van der Waals surface area (Å²) in [6.45, 7) is 3.83. The number of hydrogen-bond donors (Lipinski definition) is 3. The van der Waals surface area contributed by atoms with Crippen LogP contribution in [0.25, 0.3) is 0 Å². The maximum atomic E-state index is 12.1. The van der Waals surface area contributed by atoms with Gasteiger partial charge in [-0.3, -0.25) is 4.79 Å². The van der Waals surface area contributed by atoms with Gasteiger partial charge in [0, 0.05) is 19.5 Å². The summed E-state index contributed by atoms with van der Waals surface area (Å²) < 4.78 is 0. The monoisotopic (exact) mass is 298 g/mol. The molecule has 4 N–H and O–H groups in total. The average Bonchev–Trinajstić information content (AvgIpc) is 2.48. The largest absolute Gasteiger partial charge is 0.409 e. The highest BCUT2D eigenvalue weighted by molar-refractivity contribution is 5.94. The number of amidine groups is 1. The molecule has 0 spiro atoms. The van der Waals surface area contributed by atoms with Crippen molar-refractivity contribution in [3.05, 3.63) is 0 Å². The Labute approximate surface area is 127 Å². The predicted molar refractivity (Wildman–Crippen MR) is 84.4 cm³/mol. The summed E-state index contributed by atoms with van der Waals surface area (Å²) in [4.78, 5) is 14.3. The van der Waals surface area contributed by atoms with Crippen molar-refractivity contribution in [3.8, 4) is 0 Å². The standard InChI is InChI=1S/C15H30N4O2/c1-3-4-5-6-7-8-13(20)17-15(14(16)18-21)9-11-19(2)12-10-15/h21H,3-12H2,1-2H3,(H2,16,18)(H,17,20). The predicted octanol–water partition coefficient (Wildman–Crippen LogP) is 1.67. The van der Waals surface area contributed by atoms with Crippen molar-refractivity contribution in [1.82, 2.24) is 10.2 Å². The summed E-state index contributed by atoms with van der Waals surface area (Å²) in [5.74, 6) is 0.123. The number of piperidine rings is 1. The van der Waals surface area contributed by atoms with Crippen LogP contribution in [0.5, 0.6) is 0 Å². The van der Waals surface area contributed by atoms with Crippen LogP contribution < -0.4 is 11.1 Å². The summed E-state index contributed by atoms with van der Waals surface area (Å²) in [5.41, 5.74) is 5.16. The molecular weight excluding hydrogens is 268 g/mol. The van der Waals surface area contributed by atoms with Gasteiger partial charge >= 0.3 is 0 Å². The average molecular weight is 298 g/mol. The third-order valence-electron chi connectivity index (χ3n) is 4.32. The van der Waals surface area contributed by atoms with Crippen LogP contribution in [0.3, 0.4) is 0 Å². The van der Waals surface area contributed by atoms with Crippen molar-refractivity contribution >= 4 is 11.7 Å². The molecule has 0 aromatic rings. The van der Waals surface area contributed by atoms with E-state index in [1.54, 1.807) is 0 Å². The lowest BCUT2D eigenvalue weighted by Crippen LogP contribution is -2.62. The van der Waals surface area contributed by atoms with Gasteiger partial charge in [-0.15, -0.1) is 0 Å². The van der Waals surface area contributed by atoms with Gasteiger partial charge in [0.25, 0.3) is 0 Å². The van der Waals surface area contributed by atoms with Gasteiger partial charge in [0.2, 0.25) is 5.91 Å². The quantitative estimate of drug-likeness (QED) is 0.209. The van der Waals surface area contributed by atoms with Gasteiger partial charge in [0.1, 0.15) is 5.54 Å². The van der Waals surface area contributed by atoms with Crippen LogP contribution in [-0.4, -0.2) is 47.5 Å². The summed E-state index contributed by atoms with van der Waals surface area (Å²) in [7, 11) is 2.03. The molecule has 1 heterocycles. The first-order valence-electron chi connectivity index (χ1n) is 8.01. The third-order valence-corrected chi connectivity index (χ3v) is 4.32.